The molecule has 0 saturated carbocycles. The minimum Gasteiger partial charge on any atom is -0.461 e. The molecule has 0 aromatic carbocycles. The minimum absolute atomic E-state index is 0.265. The molecule has 2 rings (SSSR count). The van der Waals surface area contributed by atoms with Gasteiger partial charge in [-0.1, -0.05) is 18.5 Å². The van der Waals surface area contributed by atoms with Crippen molar-refractivity contribution in [1.82, 2.24) is 9.38 Å². The lowest BCUT2D eigenvalue weighted by Gasteiger charge is -2.00. The fraction of sp³-hybridized carbons (Fsp3) is 0.273. The third-order valence-corrected chi connectivity index (χ3v) is 3.14. The smallest absolute Gasteiger partial charge is 0.359 e. The van der Waals surface area contributed by atoms with E-state index >= 15 is 0 Å². The van der Waals surface area contributed by atoms with E-state index in [4.69, 9.17) is 16.3 Å². The maximum atomic E-state index is 11.7. The lowest BCUT2D eigenvalue weighted by molar-refractivity contribution is 0.0498. The van der Waals surface area contributed by atoms with Crippen LogP contribution in [0, 0.1) is 0 Å². The SMILES string of the molecule is CCCOC(=O)c1nc2ccc(Cl)cn2c1Br. The zero-order chi connectivity index (χ0) is 12.4. The molecule has 0 aliphatic carbocycles. The number of carbonyl (C=O) groups excluding carboxylic acids is 1. The molecule has 0 radical (unpaired) electrons. The summed E-state index contributed by atoms with van der Waals surface area (Å²) < 4.78 is 7.29. The molecule has 0 spiro atoms. The van der Waals surface area contributed by atoms with Crippen LogP contribution >= 0.6 is 27.5 Å². The molecule has 0 aliphatic heterocycles. The summed E-state index contributed by atoms with van der Waals surface area (Å²) in [5, 5.41) is 0.573. The van der Waals surface area contributed by atoms with E-state index in [9.17, 15) is 4.79 Å². The summed E-state index contributed by atoms with van der Waals surface area (Å²) >= 11 is 9.20. The van der Waals surface area contributed by atoms with Gasteiger partial charge in [0, 0.05) is 6.20 Å². The number of hydrogen-bond acceptors (Lipinski definition) is 3. The highest BCUT2D eigenvalue weighted by Gasteiger charge is 2.18. The van der Waals surface area contributed by atoms with Crippen LogP contribution < -0.4 is 0 Å². The van der Waals surface area contributed by atoms with Crippen molar-refractivity contribution in [2.24, 2.45) is 0 Å². The molecule has 6 heteroatoms. The average molecular weight is 318 g/mol. The molecule has 2 aromatic heterocycles. The zero-order valence-corrected chi connectivity index (χ0v) is 11.5. The van der Waals surface area contributed by atoms with Gasteiger partial charge in [0.15, 0.2) is 5.69 Å². The van der Waals surface area contributed by atoms with E-state index in [0.717, 1.165) is 6.42 Å². The monoisotopic (exact) mass is 316 g/mol. The molecule has 0 fully saturated rings. The van der Waals surface area contributed by atoms with Gasteiger partial charge in [-0.05, 0) is 34.5 Å². The third-order valence-electron chi connectivity index (χ3n) is 2.15. The molecule has 0 unspecified atom stereocenters. The highest BCUT2D eigenvalue weighted by Crippen LogP contribution is 2.22. The van der Waals surface area contributed by atoms with Crippen LogP contribution in [0.4, 0.5) is 0 Å². The predicted octanol–water partition coefficient (Wildman–Crippen LogP) is 3.32. The van der Waals surface area contributed by atoms with Gasteiger partial charge < -0.3 is 4.74 Å². The molecule has 2 heterocycles. The Morgan fingerprint density at radius 2 is 2.35 bits per heavy atom. The summed E-state index contributed by atoms with van der Waals surface area (Å²) in [4.78, 5) is 15.9. The normalized spacial score (nSPS) is 10.8. The fourth-order valence-corrected chi connectivity index (χ4v) is 2.08. The molecule has 0 saturated heterocycles. The van der Waals surface area contributed by atoms with E-state index in [0.29, 0.717) is 21.9 Å². The van der Waals surface area contributed by atoms with Crippen LogP contribution in [0.25, 0.3) is 5.65 Å². The first kappa shape index (κ1) is 12.4. The molecular formula is C11H10BrClN2O2. The largest absolute Gasteiger partial charge is 0.461 e. The van der Waals surface area contributed by atoms with E-state index in [1.54, 1.807) is 22.7 Å². The Hall–Kier alpha value is -1.07. The maximum absolute atomic E-state index is 11.7. The Morgan fingerprint density at radius 3 is 3.06 bits per heavy atom. The zero-order valence-electron chi connectivity index (χ0n) is 9.11. The average Bonchev–Trinajstić information content (AvgIpc) is 2.64. The van der Waals surface area contributed by atoms with E-state index in [1.807, 2.05) is 6.92 Å². The van der Waals surface area contributed by atoms with Crippen molar-refractivity contribution in [2.45, 2.75) is 13.3 Å². The van der Waals surface area contributed by atoms with Crippen molar-refractivity contribution in [3.63, 3.8) is 0 Å². The minimum atomic E-state index is -0.432. The van der Waals surface area contributed by atoms with E-state index in [1.165, 1.54) is 0 Å². The summed E-state index contributed by atoms with van der Waals surface area (Å²) in [6.07, 6.45) is 2.47. The van der Waals surface area contributed by atoms with Crippen molar-refractivity contribution < 1.29 is 9.53 Å². The Labute approximate surface area is 112 Å². The number of carbonyl (C=O) groups is 1. The number of rotatable bonds is 3. The molecule has 0 amide bonds. The third kappa shape index (κ3) is 2.45. The second-order valence-electron chi connectivity index (χ2n) is 3.46. The second-order valence-corrected chi connectivity index (χ2v) is 4.65. The molecule has 0 N–H and O–H groups in total. The van der Waals surface area contributed by atoms with Gasteiger partial charge in [-0.25, -0.2) is 9.78 Å². The van der Waals surface area contributed by atoms with Gasteiger partial charge in [-0.2, -0.15) is 0 Å². The Morgan fingerprint density at radius 1 is 1.59 bits per heavy atom. The number of nitrogens with zero attached hydrogens (tertiary/aromatic N) is 2. The van der Waals surface area contributed by atoms with Crippen LogP contribution in [0.1, 0.15) is 23.8 Å². The second kappa shape index (κ2) is 5.06. The summed E-state index contributed by atoms with van der Waals surface area (Å²) in [5.41, 5.74) is 0.908. The molecule has 0 bridgehead atoms. The fourth-order valence-electron chi connectivity index (χ4n) is 1.38. The van der Waals surface area contributed by atoms with Crippen molar-refractivity contribution in [2.75, 3.05) is 6.61 Å². The van der Waals surface area contributed by atoms with E-state index < -0.39 is 5.97 Å². The number of halogens is 2. The van der Waals surface area contributed by atoms with Crippen LogP contribution in [0.5, 0.6) is 0 Å². The van der Waals surface area contributed by atoms with E-state index in [-0.39, 0.29) is 5.69 Å². The first-order valence-corrected chi connectivity index (χ1v) is 6.30. The highest BCUT2D eigenvalue weighted by molar-refractivity contribution is 9.10. The van der Waals surface area contributed by atoms with Crippen molar-refractivity contribution in [1.29, 1.82) is 0 Å². The summed E-state index contributed by atoms with van der Waals surface area (Å²) in [6.45, 7) is 2.33. The molecule has 0 aliphatic rings. The van der Waals surface area contributed by atoms with Gasteiger partial charge in [-0.15, -0.1) is 0 Å². The van der Waals surface area contributed by atoms with Crippen LogP contribution in [-0.4, -0.2) is 22.0 Å². The van der Waals surface area contributed by atoms with Crippen molar-refractivity contribution >= 4 is 39.1 Å². The first-order chi connectivity index (χ1) is 8.13. The van der Waals surface area contributed by atoms with Crippen LogP contribution in [0.3, 0.4) is 0 Å². The number of imidazole rings is 1. The van der Waals surface area contributed by atoms with Crippen molar-refractivity contribution in [3.8, 4) is 0 Å². The van der Waals surface area contributed by atoms with Crippen LogP contribution in [0.15, 0.2) is 22.9 Å². The van der Waals surface area contributed by atoms with Crippen LogP contribution in [-0.2, 0) is 4.74 Å². The standard InChI is InChI=1S/C11H10BrClN2O2/c1-2-5-17-11(16)9-10(12)15-6-7(13)3-4-8(15)14-9/h3-4,6H,2,5H2,1H3. The summed E-state index contributed by atoms with van der Waals surface area (Å²) in [6, 6.07) is 3.46. The van der Waals surface area contributed by atoms with Gasteiger partial charge in [0.2, 0.25) is 0 Å². The Balaban J connectivity index is 2.42. The molecule has 90 valence electrons. The number of ether oxygens (including phenoxy) is 1. The predicted molar refractivity (Wildman–Crippen MR) is 68.5 cm³/mol. The topological polar surface area (TPSA) is 43.6 Å². The number of aromatic nitrogens is 2. The molecule has 17 heavy (non-hydrogen) atoms. The Bertz CT molecular complexity index is 568. The Kier molecular flexibility index (Phi) is 3.69. The lowest BCUT2D eigenvalue weighted by atomic mass is 10.5. The molecular weight excluding hydrogens is 307 g/mol. The lowest BCUT2D eigenvalue weighted by Crippen LogP contribution is -2.07. The van der Waals surface area contributed by atoms with Gasteiger partial charge in [0.05, 0.1) is 11.6 Å². The number of pyridine rings is 1. The van der Waals surface area contributed by atoms with Gasteiger partial charge in [0.1, 0.15) is 10.3 Å². The molecule has 0 atom stereocenters. The van der Waals surface area contributed by atoms with Crippen molar-refractivity contribution in [3.05, 3.63) is 33.6 Å². The van der Waals surface area contributed by atoms with Gasteiger partial charge in [-0.3, -0.25) is 4.40 Å². The number of esters is 1. The van der Waals surface area contributed by atoms with Gasteiger partial charge >= 0.3 is 5.97 Å². The maximum Gasteiger partial charge on any atom is 0.359 e. The number of fused-ring (bicyclic) bond motifs is 1. The number of hydrogen-bond donors (Lipinski definition) is 0. The molecule has 2 aromatic rings. The quantitative estimate of drug-likeness (QED) is 0.816. The van der Waals surface area contributed by atoms with Crippen LogP contribution in [0.2, 0.25) is 5.02 Å². The summed E-state index contributed by atoms with van der Waals surface area (Å²) in [5.74, 6) is -0.432. The van der Waals surface area contributed by atoms with Gasteiger partial charge in [0.25, 0.3) is 0 Å². The summed E-state index contributed by atoms with van der Waals surface area (Å²) in [7, 11) is 0. The van der Waals surface area contributed by atoms with E-state index in [2.05, 4.69) is 20.9 Å². The highest BCUT2D eigenvalue weighted by atomic mass is 79.9. The molecule has 4 nitrogen and oxygen atoms in total. The first-order valence-electron chi connectivity index (χ1n) is 5.13.